The van der Waals surface area contributed by atoms with Crippen LogP contribution in [0.3, 0.4) is 0 Å². The minimum absolute atomic E-state index is 0.457. The molecular formula is C52H31N3O. The molecule has 0 saturated heterocycles. The highest BCUT2D eigenvalue weighted by Crippen LogP contribution is 2.64. The fourth-order valence-electron chi connectivity index (χ4n) is 9.44. The van der Waals surface area contributed by atoms with E-state index in [9.17, 15) is 0 Å². The van der Waals surface area contributed by atoms with Gasteiger partial charge in [-0.3, -0.25) is 0 Å². The Kier molecular flexibility index (Phi) is 6.52. The highest BCUT2D eigenvalue weighted by molar-refractivity contribution is 6.06. The lowest BCUT2D eigenvalue weighted by Crippen LogP contribution is -2.26. The summed E-state index contributed by atoms with van der Waals surface area (Å²) < 4.78 is 6.28. The van der Waals surface area contributed by atoms with E-state index in [1.54, 1.807) is 0 Å². The van der Waals surface area contributed by atoms with Crippen LogP contribution < -0.4 is 0 Å². The van der Waals surface area contributed by atoms with Crippen LogP contribution in [-0.2, 0) is 5.41 Å². The van der Waals surface area contributed by atoms with Gasteiger partial charge in [-0.15, -0.1) is 0 Å². The highest BCUT2D eigenvalue weighted by atomic mass is 16.3. The van der Waals surface area contributed by atoms with E-state index in [1.807, 2.05) is 54.6 Å². The van der Waals surface area contributed by atoms with Gasteiger partial charge in [-0.1, -0.05) is 164 Å². The third-order valence-corrected chi connectivity index (χ3v) is 11.7. The molecule has 1 spiro atoms. The maximum absolute atomic E-state index is 6.28. The Labute approximate surface area is 323 Å². The van der Waals surface area contributed by atoms with Crippen LogP contribution in [0, 0.1) is 0 Å². The lowest BCUT2D eigenvalue weighted by molar-refractivity contribution is 0.669. The Morgan fingerprint density at radius 1 is 0.321 bits per heavy atom. The lowest BCUT2D eigenvalue weighted by atomic mass is 9.68. The summed E-state index contributed by atoms with van der Waals surface area (Å²) in [4.78, 5) is 15.3. The van der Waals surface area contributed by atoms with Gasteiger partial charge in [0.25, 0.3) is 0 Å². The maximum atomic E-state index is 6.28. The minimum atomic E-state index is -0.457. The first-order chi connectivity index (χ1) is 27.8. The van der Waals surface area contributed by atoms with Gasteiger partial charge in [-0.2, -0.15) is 0 Å². The Hall–Kier alpha value is -7.43. The predicted octanol–water partition coefficient (Wildman–Crippen LogP) is 12.8. The fraction of sp³-hybridized carbons (Fsp3) is 0.0192. The van der Waals surface area contributed by atoms with E-state index in [0.717, 1.165) is 44.2 Å². The molecule has 56 heavy (non-hydrogen) atoms. The standard InChI is InChI=1S/C52H31N3O/c1-2-14-32(15-3-1)49-53-50(55-51(54-49)35-28-29-41-40-21-7-11-27-46(40)56-47(41)31-35)34-17-12-16-33(30-34)36-22-13-23-42-39-20-6-10-26-45(39)52(48(36)42)43-24-8-4-18-37(43)38-19-5-9-25-44(38)52/h1-31H. The molecule has 0 bridgehead atoms. The minimum Gasteiger partial charge on any atom is -0.456 e. The van der Waals surface area contributed by atoms with Gasteiger partial charge in [-0.25, -0.2) is 15.0 Å². The van der Waals surface area contributed by atoms with Gasteiger partial charge in [0, 0.05) is 27.5 Å². The summed E-state index contributed by atoms with van der Waals surface area (Å²) in [6.45, 7) is 0. The summed E-state index contributed by atoms with van der Waals surface area (Å²) >= 11 is 0. The van der Waals surface area contributed by atoms with Crippen LogP contribution in [0.5, 0.6) is 0 Å². The number of rotatable bonds is 4. The Balaban J connectivity index is 1.06. The van der Waals surface area contributed by atoms with Gasteiger partial charge in [0.05, 0.1) is 5.41 Å². The largest absolute Gasteiger partial charge is 0.456 e. The van der Waals surface area contributed by atoms with Crippen molar-refractivity contribution in [3.05, 3.63) is 210 Å². The molecule has 0 amide bonds. The molecule has 0 fully saturated rings. The normalized spacial score (nSPS) is 13.1. The predicted molar refractivity (Wildman–Crippen MR) is 225 cm³/mol. The molecule has 0 unspecified atom stereocenters. The monoisotopic (exact) mass is 713 g/mol. The molecule has 8 aromatic carbocycles. The van der Waals surface area contributed by atoms with Crippen molar-refractivity contribution in [1.82, 2.24) is 15.0 Å². The van der Waals surface area contributed by atoms with Gasteiger partial charge in [-0.05, 0) is 79.9 Å². The van der Waals surface area contributed by atoms with Crippen LogP contribution >= 0.6 is 0 Å². The van der Waals surface area contributed by atoms with Gasteiger partial charge in [0.1, 0.15) is 11.2 Å². The first-order valence-corrected chi connectivity index (χ1v) is 19.0. The Morgan fingerprint density at radius 3 is 1.52 bits per heavy atom. The zero-order valence-corrected chi connectivity index (χ0v) is 30.1. The second kappa shape index (κ2) is 11.8. The molecule has 2 aliphatic carbocycles. The molecule has 2 heterocycles. The fourth-order valence-corrected chi connectivity index (χ4v) is 9.44. The van der Waals surface area contributed by atoms with Crippen molar-refractivity contribution in [3.63, 3.8) is 0 Å². The SMILES string of the molecule is c1ccc(-c2nc(-c3cccc(-c4cccc5c4C4(c6ccccc6-c6ccccc64)c4ccccc4-5)c3)nc(-c3ccc4c(c3)oc3ccccc34)n2)cc1. The number of fused-ring (bicyclic) bond motifs is 13. The summed E-state index contributed by atoms with van der Waals surface area (Å²) in [5.74, 6) is 1.83. The van der Waals surface area contributed by atoms with E-state index in [1.165, 1.54) is 50.1 Å². The Bertz CT molecular complexity index is 3150. The summed E-state index contributed by atoms with van der Waals surface area (Å²) in [5.41, 5.74) is 16.7. The van der Waals surface area contributed by atoms with E-state index in [0.29, 0.717) is 17.5 Å². The number of para-hydroxylation sites is 1. The van der Waals surface area contributed by atoms with E-state index in [2.05, 4.69) is 133 Å². The van der Waals surface area contributed by atoms with Crippen LogP contribution in [0.15, 0.2) is 192 Å². The molecule has 0 N–H and O–H groups in total. The van der Waals surface area contributed by atoms with Crippen LogP contribution in [0.1, 0.15) is 22.3 Å². The molecule has 0 aliphatic heterocycles. The molecule has 0 atom stereocenters. The molecule has 0 radical (unpaired) electrons. The number of hydrogen-bond donors (Lipinski definition) is 0. The van der Waals surface area contributed by atoms with Crippen LogP contribution in [0.2, 0.25) is 0 Å². The highest BCUT2D eigenvalue weighted by Gasteiger charge is 2.52. The van der Waals surface area contributed by atoms with Gasteiger partial charge >= 0.3 is 0 Å². The Morgan fingerprint density at radius 2 is 0.804 bits per heavy atom. The van der Waals surface area contributed by atoms with Crippen LogP contribution in [0.4, 0.5) is 0 Å². The van der Waals surface area contributed by atoms with E-state index in [-0.39, 0.29) is 0 Å². The second-order valence-corrected chi connectivity index (χ2v) is 14.7. The molecule has 10 aromatic rings. The van der Waals surface area contributed by atoms with Gasteiger partial charge in [0.2, 0.25) is 0 Å². The number of aromatic nitrogens is 3. The van der Waals surface area contributed by atoms with Crippen LogP contribution in [-0.4, -0.2) is 15.0 Å². The lowest BCUT2D eigenvalue weighted by Gasteiger charge is -2.32. The molecular weight excluding hydrogens is 683 g/mol. The summed E-state index contributed by atoms with van der Waals surface area (Å²) in [6, 6.07) is 66.8. The van der Waals surface area contributed by atoms with E-state index >= 15 is 0 Å². The summed E-state index contributed by atoms with van der Waals surface area (Å²) in [7, 11) is 0. The van der Waals surface area contributed by atoms with Crippen molar-refractivity contribution in [2.45, 2.75) is 5.41 Å². The molecule has 2 aromatic heterocycles. The summed E-state index contributed by atoms with van der Waals surface area (Å²) in [6.07, 6.45) is 0. The van der Waals surface area contributed by atoms with Crippen molar-refractivity contribution >= 4 is 21.9 Å². The first kappa shape index (κ1) is 31.0. The summed E-state index contributed by atoms with van der Waals surface area (Å²) in [5, 5.41) is 2.16. The average molecular weight is 714 g/mol. The zero-order valence-electron chi connectivity index (χ0n) is 30.1. The number of benzene rings is 8. The smallest absolute Gasteiger partial charge is 0.164 e. The van der Waals surface area contributed by atoms with Crippen molar-refractivity contribution in [1.29, 1.82) is 0 Å². The van der Waals surface area contributed by atoms with Crippen molar-refractivity contribution in [2.24, 2.45) is 0 Å². The van der Waals surface area contributed by atoms with Gasteiger partial charge < -0.3 is 4.42 Å². The number of furan rings is 1. The van der Waals surface area contributed by atoms with E-state index in [4.69, 9.17) is 19.4 Å². The molecule has 4 nitrogen and oxygen atoms in total. The molecule has 2 aliphatic rings. The van der Waals surface area contributed by atoms with E-state index < -0.39 is 5.41 Å². The average Bonchev–Trinajstić information content (AvgIpc) is 3.90. The van der Waals surface area contributed by atoms with Crippen molar-refractivity contribution in [3.8, 4) is 67.5 Å². The molecule has 260 valence electrons. The third kappa shape index (κ3) is 4.32. The van der Waals surface area contributed by atoms with Crippen LogP contribution in [0.25, 0.3) is 89.5 Å². The first-order valence-electron chi connectivity index (χ1n) is 19.0. The molecule has 4 heteroatoms. The number of nitrogens with zero attached hydrogens (tertiary/aromatic N) is 3. The topological polar surface area (TPSA) is 51.8 Å². The third-order valence-electron chi connectivity index (χ3n) is 11.7. The maximum Gasteiger partial charge on any atom is 0.164 e. The quantitative estimate of drug-likeness (QED) is 0.182. The van der Waals surface area contributed by atoms with Crippen molar-refractivity contribution in [2.75, 3.05) is 0 Å². The molecule has 0 saturated carbocycles. The second-order valence-electron chi connectivity index (χ2n) is 14.7. The van der Waals surface area contributed by atoms with Gasteiger partial charge in [0.15, 0.2) is 17.5 Å². The number of hydrogen-bond acceptors (Lipinski definition) is 4. The van der Waals surface area contributed by atoms with Crippen molar-refractivity contribution < 1.29 is 4.42 Å². The zero-order chi connectivity index (χ0) is 36.8. The molecule has 12 rings (SSSR count).